The first kappa shape index (κ1) is 21.2. The molecule has 0 saturated heterocycles. The molecule has 154 valence electrons. The molecular weight excluding hydrogens is 390 g/mol. The number of fused-ring (bicyclic) bond motifs is 1. The Bertz CT molecular complexity index is 1010. The molecule has 1 unspecified atom stereocenters. The molecule has 7 heteroatoms. The number of hydrogen-bond acceptors (Lipinski definition) is 5. The van der Waals surface area contributed by atoms with Gasteiger partial charge in [0.2, 0.25) is 15.8 Å². The molecule has 0 bridgehead atoms. The van der Waals surface area contributed by atoms with Crippen LogP contribution in [-0.4, -0.2) is 33.3 Å². The van der Waals surface area contributed by atoms with E-state index in [4.69, 9.17) is 4.74 Å². The maximum Gasteiger partial charge on any atom is 0.306 e. The Kier molecular flexibility index (Phi) is 6.49. The molecule has 1 N–H and O–H groups in total. The molecule has 3 rings (SSSR count). The number of sulfonamides is 1. The quantitative estimate of drug-likeness (QED) is 0.529. The van der Waals surface area contributed by atoms with E-state index in [9.17, 15) is 18.0 Å². The fourth-order valence-electron chi connectivity index (χ4n) is 3.47. The summed E-state index contributed by atoms with van der Waals surface area (Å²) in [6.45, 7) is 1.59. The third kappa shape index (κ3) is 5.10. The summed E-state index contributed by atoms with van der Waals surface area (Å²) in [4.78, 5) is 24.9. The number of benzene rings is 2. The Labute approximate surface area is 171 Å². The van der Waals surface area contributed by atoms with Gasteiger partial charge in [-0.2, -0.15) is 0 Å². The molecule has 2 aromatic rings. The first-order chi connectivity index (χ1) is 13.8. The fourth-order valence-corrected chi connectivity index (χ4v) is 4.20. The number of esters is 1. The van der Waals surface area contributed by atoms with Gasteiger partial charge in [0, 0.05) is 12.0 Å². The summed E-state index contributed by atoms with van der Waals surface area (Å²) in [6, 6.07) is 12.0. The topological polar surface area (TPSA) is 89.5 Å². The Morgan fingerprint density at radius 2 is 1.76 bits per heavy atom. The van der Waals surface area contributed by atoms with E-state index >= 15 is 0 Å². The van der Waals surface area contributed by atoms with Gasteiger partial charge in [-0.15, -0.1) is 0 Å². The molecule has 0 aliphatic heterocycles. The number of ketones is 1. The third-order valence-corrected chi connectivity index (χ3v) is 6.61. The van der Waals surface area contributed by atoms with Gasteiger partial charge in [0.05, 0.1) is 4.90 Å². The molecule has 1 aliphatic carbocycles. The number of ether oxygens (including phenoxy) is 1. The highest BCUT2D eigenvalue weighted by atomic mass is 32.2. The predicted octanol–water partition coefficient (Wildman–Crippen LogP) is 2.83. The second-order valence-electron chi connectivity index (χ2n) is 7.18. The fraction of sp³-hybridized carbons (Fsp3) is 0.364. The number of carbonyl (C=O) groups excluding carboxylic acids is 2. The van der Waals surface area contributed by atoms with E-state index in [1.54, 1.807) is 25.1 Å². The van der Waals surface area contributed by atoms with E-state index in [0.29, 0.717) is 12.0 Å². The molecule has 2 aromatic carbocycles. The predicted molar refractivity (Wildman–Crippen MR) is 109 cm³/mol. The average Bonchev–Trinajstić information content (AvgIpc) is 3.19. The van der Waals surface area contributed by atoms with Gasteiger partial charge in [-0.05, 0) is 74.5 Å². The molecule has 0 fully saturated rings. The standard InChI is InChI=1S/C22H25NO5S/c1-15(22(25)19-10-9-17-4-3-5-18(17)14-19)28-21(24)13-8-16-6-11-20(12-7-16)29(26,27)23-2/h6-7,9-12,14-15,23H,3-5,8,13H2,1-2H3. The molecule has 1 atom stereocenters. The summed E-state index contributed by atoms with van der Waals surface area (Å²) in [7, 11) is -2.13. The van der Waals surface area contributed by atoms with Crippen molar-refractivity contribution in [3.63, 3.8) is 0 Å². The summed E-state index contributed by atoms with van der Waals surface area (Å²) in [5.74, 6) is -0.659. The molecule has 0 aromatic heterocycles. The van der Waals surface area contributed by atoms with Crippen LogP contribution in [0.2, 0.25) is 0 Å². The summed E-state index contributed by atoms with van der Waals surface area (Å²) < 4.78 is 31.0. The van der Waals surface area contributed by atoms with Crippen LogP contribution in [0.1, 0.15) is 46.8 Å². The lowest BCUT2D eigenvalue weighted by atomic mass is 10.0. The maximum absolute atomic E-state index is 12.6. The van der Waals surface area contributed by atoms with Crippen molar-refractivity contribution in [2.75, 3.05) is 7.05 Å². The molecule has 1 aliphatic rings. The Morgan fingerprint density at radius 1 is 1.07 bits per heavy atom. The molecule has 0 heterocycles. The smallest absolute Gasteiger partial charge is 0.306 e. The molecule has 0 spiro atoms. The minimum absolute atomic E-state index is 0.111. The van der Waals surface area contributed by atoms with E-state index in [0.717, 1.165) is 24.8 Å². The lowest BCUT2D eigenvalue weighted by Gasteiger charge is -2.13. The van der Waals surface area contributed by atoms with Crippen LogP contribution >= 0.6 is 0 Å². The van der Waals surface area contributed by atoms with Crippen LogP contribution in [0.3, 0.4) is 0 Å². The normalized spacial score (nSPS) is 14.3. The van der Waals surface area contributed by atoms with Crippen molar-refractivity contribution >= 4 is 21.8 Å². The van der Waals surface area contributed by atoms with E-state index in [2.05, 4.69) is 4.72 Å². The molecule has 29 heavy (non-hydrogen) atoms. The van der Waals surface area contributed by atoms with Gasteiger partial charge in [-0.1, -0.05) is 24.3 Å². The number of hydrogen-bond donors (Lipinski definition) is 1. The van der Waals surface area contributed by atoms with Crippen molar-refractivity contribution in [1.29, 1.82) is 0 Å². The van der Waals surface area contributed by atoms with Crippen molar-refractivity contribution in [2.45, 2.75) is 50.0 Å². The first-order valence-corrected chi connectivity index (χ1v) is 11.2. The second-order valence-corrected chi connectivity index (χ2v) is 9.07. The number of aryl methyl sites for hydroxylation is 3. The Hall–Kier alpha value is -2.51. The molecule has 0 amide bonds. The average molecular weight is 416 g/mol. The zero-order valence-electron chi connectivity index (χ0n) is 16.6. The SMILES string of the molecule is CNS(=O)(=O)c1ccc(CCC(=O)OC(C)C(=O)c2ccc3c(c2)CCC3)cc1. The summed E-state index contributed by atoms with van der Waals surface area (Å²) in [5, 5.41) is 0. The number of carbonyl (C=O) groups is 2. The highest BCUT2D eigenvalue weighted by molar-refractivity contribution is 7.89. The van der Waals surface area contributed by atoms with Crippen LogP contribution in [0, 0.1) is 0 Å². The maximum atomic E-state index is 12.6. The van der Waals surface area contributed by atoms with Crippen molar-refractivity contribution < 1.29 is 22.7 Å². The Balaban J connectivity index is 1.53. The molecule has 0 saturated carbocycles. The number of nitrogens with one attached hydrogen (secondary N) is 1. The van der Waals surface area contributed by atoms with Crippen molar-refractivity contribution in [1.82, 2.24) is 4.72 Å². The van der Waals surface area contributed by atoms with E-state index < -0.39 is 22.1 Å². The first-order valence-electron chi connectivity index (χ1n) is 9.68. The van der Waals surface area contributed by atoms with Crippen LogP contribution in [0.5, 0.6) is 0 Å². The summed E-state index contributed by atoms with van der Waals surface area (Å²) in [5.41, 5.74) is 3.89. The van der Waals surface area contributed by atoms with E-state index in [-0.39, 0.29) is 17.1 Å². The van der Waals surface area contributed by atoms with Gasteiger partial charge >= 0.3 is 5.97 Å². The van der Waals surface area contributed by atoms with Gasteiger partial charge in [0.1, 0.15) is 0 Å². The minimum Gasteiger partial charge on any atom is -0.454 e. The van der Waals surface area contributed by atoms with Crippen molar-refractivity contribution in [2.24, 2.45) is 0 Å². The lowest BCUT2D eigenvalue weighted by molar-refractivity contribution is -0.146. The highest BCUT2D eigenvalue weighted by Crippen LogP contribution is 2.23. The van der Waals surface area contributed by atoms with Gasteiger partial charge < -0.3 is 4.74 Å². The lowest BCUT2D eigenvalue weighted by Crippen LogP contribution is -2.24. The van der Waals surface area contributed by atoms with Crippen LogP contribution in [0.4, 0.5) is 0 Å². The third-order valence-electron chi connectivity index (χ3n) is 5.18. The zero-order chi connectivity index (χ0) is 21.0. The number of rotatable bonds is 8. The molecule has 6 nitrogen and oxygen atoms in total. The molecule has 0 radical (unpaired) electrons. The number of Topliss-reactive ketones (excluding diaryl/α,β-unsaturated/α-hetero) is 1. The van der Waals surface area contributed by atoms with Crippen LogP contribution in [0.15, 0.2) is 47.4 Å². The zero-order valence-corrected chi connectivity index (χ0v) is 17.4. The summed E-state index contributed by atoms with van der Waals surface area (Å²) >= 11 is 0. The van der Waals surface area contributed by atoms with Crippen molar-refractivity contribution in [3.05, 3.63) is 64.7 Å². The Morgan fingerprint density at radius 3 is 2.45 bits per heavy atom. The van der Waals surface area contributed by atoms with Gasteiger partial charge in [0.15, 0.2) is 6.10 Å². The summed E-state index contributed by atoms with van der Waals surface area (Å²) in [6.07, 6.45) is 2.82. The monoisotopic (exact) mass is 415 g/mol. The second kappa shape index (κ2) is 8.88. The van der Waals surface area contributed by atoms with Gasteiger partial charge in [-0.25, -0.2) is 13.1 Å². The molecular formula is C22H25NO5S. The van der Waals surface area contributed by atoms with Crippen LogP contribution in [0.25, 0.3) is 0 Å². The largest absolute Gasteiger partial charge is 0.454 e. The highest BCUT2D eigenvalue weighted by Gasteiger charge is 2.21. The van der Waals surface area contributed by atoms with Crippen LogP contribution < -0.4 is 4.72 Å². The van der Waals surface area contributed by atoms with Crippen LogP contribution in [-0.2, 0) is 38.8 Å². The van der Waals surface area contributed by atoms with Crippen molar-refractivity contribution in [3.8, 4) is 0 Å². The van der Waals surface area contributed by atoms with Gasteiger partial charge in [-0.3, -0.25) is 9.59 Å². The van der Waals surface area contributed by atoms with E-state index in [1.807, 2.05) is 12.1 Å². The minimum atomic E-state index is -3.48. The van der Waals surface area contributed by atoms with Gasteiger partial charge in [0.25, 0.3) is 0 Å². The van der Waals surface area contributed by atoms with E-state index in [1.165, 1.54) is 30.3 Å².